The summed E-state index contributed by atoms with van der Waals surface area (Å²) in [6.07, 6.45) is 3.32. The lowest BCUT2D eigenvalue weighted by Crippen LogP contribution is -2.30. The number of hydrogen-bond acceptors (Lipinski definition) is 2. The molecule has 1 rings (SSSR count). The van der Waals surface area contributed by atoms with Gasteiger partial charge < -0.3 is 4.90 Å². The second-order valence-corrected chi connectivity index (χ2v) is 4.87. The lowest BCUT2D eigenvalue weighted by molar-refractivity contribution is -0.132. The first-order valence-electron chi connectivity index (χ1n) is 6.19. The van der Waals surface area contributed by atoms with Gasteiger partial charge in [0.2, 0.25) is 5.91 Å². The molecule has 0 saturated heterocycles. The van der Waals surface area contributed by atoms with Gasteiger partial charge in [-0.25, -0.2) is 0 Å². The Morgan fingerprint density at radius 2 is 2.06 bits per heavy atom. The van der Waals surface area contributed by atoms with Crippen LogP contribution >= 0.6 is 0 Å². The van der Waals surface area contributed by atoms with Gasteiger partial charge in [0.25, 0.3) is 0 Å². The van der Waals surface area contributed by atoms with E-state index in [2.05, 4.69) is 18.8 Å². The fraction of sp³-hybridized carbons (Fsp3) is 0.571. The molecule has 0 bridgehead atoms. The van der Waals surface area contributed by atoms with E-state index in [1.54, 1.807) is 11.1 Å². The Balaban J connectivity index is 2.57. The topological polar surface area (TPSA) is 33.2 Å². The van der Waals surface area contributed by atoms with Gasteiger partial charge >= 0.3 is 0 Å². The van der Waals surface area contributed by atoms with Crippen LogP contribution in [0.5, 0.6) is 0 Å². The molecule has 0 aliphatic carbocycles. The largest absolute Gasteiger partial charge is 0.337 e. The van der Waals surface area contributed by atoms with Crippen molar-refractivity contribution in [1.82, 2.24) is 9.88 Å². The maximum Gasteiger partial charge on any atom is 0.222 e. The second-order valence-electron chi connectivity index (χ2n) is 4.87. The minimum absolute atomic E-state index is 0.0378. The van der Waals surface area contributed by atoms with Crippen LogP contribution in [0.4, 0.5) is 0 Å². The standard InChI is InChI=1S/C14H22N2O/c1-11(2)8-9-14(17)16(4)12(3)13-7-5-6-10-15-13/h5-7,10-12H,8-9H2,1-4H3. The molecular weight excluding hydrogens is 212 g/mol. The van der Waals surface area contributed by atoms with Crippen molar-refractivity contribution >= 4 is 5.91 Å². The average Bonchev–Trinajstić information content (AvgIpc) is 2.35. The molecule has 94 valence electrons. The van der Waals surface area contributed by atoms with Crippen LogP contribution in [0.15, 0.2) is 24.4 Å². The molecule has 0 radical (unpaired) electrons. The number of aromatic nitrogens is 1. The van der Waals surface area contributed by atoms with E-state index in [0.717, 1.165) is 12.1 Å². The van der Waals surface area contributed by atoms with E-state index in [4.69, 9.17) is 0 Å². The number of carbonyl (C=O) groups is 1. The van der Waals surface area contributed by atoms with Gasteiger partial charge in [-0.15, -0.1) is 0 Å². The lowest BCUT2D eigenvalue weighted by atomic mass is 10.1. The van der Waals surface area contributed by atoms with Crippen molar-refractivity contribution in [3.63, 3.8) is 0 Å². The van der Waals surface area contributed by atoms with Crippen LogP contribution < -0.4 is 0 Å². The molecule has 1 heterocycles. The van der Waals surface area contributed by atoms with Crippen molar-refractivity contribution in [2.75, 3.05) is 7.05 Å². The van der Waals surface area contributed by atoms with Crippen LogP contribution in [0.3, 0.4) is 0 Å². The first-order valence-corrected chi connectivity index (χ1v) is 6.19. The molecule has 1 aromatic rings. The Bertz CT molecular complexity index is 348. The van der Waals surface area contributed by atoms with Crippen molar-refractivity contribution in [2.45, 2.75) is 39.7 Å². The summed E-state index contributed by atoms with van der Waals surface area (Å²) in [4.78, 5) is 18.0. The first kappa shape index (κ1) is 13.7. The number of carbonyl (C=O) groups excluding carboxylic acids is 1. The van der Waals surface area contributed by atoms with Crippen LogP contribution in [0.25, 0.3) is 0 Å². The van der Waals surface area contributed by atoms with Crippen molar-refractivity contribution in [3.05, 3.63) is 30.1 Å². The van der Waals surface area contributed by atoms with Gasteiger partial charge in [-0.05, 0) is 31.4 Å². The summed E-state index contributed by atoms with van der Waals surface area (Å²) in [5.74, 6) is 0.759. The molecule has 1 atom stereocenters. The first-order chi connectivity index (χ1) is 8.02. The number of rotatable bonds is 5. The number of hydrogen-bond donors (Lipinski definition) is 0. The van der Waals surface area contributed by atoms with Crippen molar-refractivity contribution in [1.29, 1.82) is 0 Å². The van der Waals surface area contributed by atoms with E-state index in [1.807, 2.05) is 32.2 Å². The summed E-state index contributed by atoms with van der Waals surface area (Å²) in [6.45, 7) is 6.28. The molecule has 1 aromatic heterocycles. The zero-order chi connectivity index (χ0) is 12.8. The zero-order valence-electron chi connectivity index (χ0n) is 11.2. The molecule has 0 aromatic carbocycles. The fourth-order valence-electron chi connectivity index (χ4n) is 1.63. The van der Waals surface area contributed by atoms with Crippen LogP contribution in [0.1, 0.15) is 45.3 Å². The molecule has 0 spiro atoms. The number of nitrogens with zero attached hydrogens (tertiary/aromatic N) is 2. The van der Waals surface area contributed by atoms with E-state index < -0.39 is 0 Å². The average molecular weight is 234 g/mol. The molecule has 0 aliphatic heterocycles. The normalized spacial score (nSPS) is 12.5. The highest BCUT2D eigenvalue weighted by Gasteiger charge is 2.17. The predicted octanol–water partition coefficient (Wildman–Crippen LogP) is 3.04. The lowest BCUT2D eigenvalue weighted by Gasteiger charge is -2.24. The maximum absolute atomic E-state index is 12.0. The number of pyridine rings is 1. The van der Waals surface area contributed by atoms with E-state index >= 15 is 0 Å². The highest BCUT2D eigenvalue weighted by atomic mass is 16.2. The summed E-state index contributed by atoms with van der Waals surface area (Å²) < 4.78 is 0. The Hall–Kier alpha value is -1.38. The molecule has 3 heteroatoms. The minimum atomic E-state index is 0.0378. The molecule has 0 fully saturated rings. The summed E-state index contributed by atoms with van der Waals surface area (Å²) >= 11 is 0. The van der Waals surface area contributed by atoms with E-state index in [9.17, 15) is 4.79 Å². The van der Waals surface area contributed by atoms with Crippen molar-refractivity contribution < 1.29 is 4.79 Å². The summed E-state index contributed by atoms with van der Waals surface area (Å²) in [5.41, 5.74) is 0.938. The fourth-order valence-corrected chi connectivity index (χ4v) is 1.63. The monoisotopic (exact) mass is 234 g/mol. The van der Waals surface area contributed by atoms with Gasteiger partial charge in [0.1, 0.15) is 0 Å². The maximum atomic E-state index is 12.0. The summed E-state index contributed by atoms with van der Waals surface area (Å²) in [6, 6.07) is 5.83. The highest BCUT2D eigenvalue weighted by Crippen LogP contribution is 2.17. The van der Waals surface area contributed by atoms with Crippen molar-refractivity contribution in [2.24, 2.45) is 5.92 Å². The van der Waals surface area contributed by atoms with E-state index in [1.165, 1.54) is 0 Å². The summed E-state index contributed by atoms with van der Waals surface area (Å²) in [5, 5.41) is 0. The van der Waals surface area contributed by atoms with Gasteiger partial charge in [-0.3, -0.25) is 9.78 Å². The third kappa shape index (κ3) is 4.17. The molecule has 1 unspecified atom stereocenters. The molecule has 3 nitrogen and oxygen atoms in total. The molecule has 0 saturated carbocycles. The smallest absolute Gasteiger partial charge is 0.222 e. The third-order valence-corrected chi connectivity index (χ3v) is 3.03. The SMILES string of the molecule is CC(C)CCC(=O)N(C)C(C)c1ccccn1. The minimum Gasteiger partial charge on any atom is -0.337 e. The molecule has 0 N–H and O–H groups in total. The Labute approximate surface area is 104 Å². The third-order valence-electron chi connectivity index (χ3n) is 3.03. The van der Waals surface area contributed by atoms with Gasteiger partial charge in [-0.2, -0.15) is 0 Å². The highest BCUT2D eigenvalue weighted by molar-refractivity contribution is 5.76. The van der Waals surface area contributed by atoms with Gasteiger partial charge in [0, 0.05) is 19.7 Å². The molecule has 0 aliphatic rings. The van der Waals surface area contributed by atoms with Crippen LogP contribution in [0, 0.1) is 5.92 Å². The Morgan fingerprint density at radius 1 is 1.35 bits per heavy atom. The van der Waals surface area contributed by atoms with Gasteiger partial charge in [0.15, 0.2) is 0 Å². The van der Waals surface area contributed by atoms with Crippen LogP contribution in [-0.2, 0) is 4.79 Å². The van der Waals surface area contributed by atoms with Crippen molar-refractivity contribution in [3.8, 4) is 0 Å². The van der Waals surface area contributed by atoms with E-state index in [0.29, 0.717) is 12.3 Å². The quantitative estimate of drug-likeness (QED) is 0.784. The Kier molecular flexibility index (Phi) is 5.13. The molecule has 17 heavy (non-hydrogen) atoms. The molecule has 1 amide bonds. The summed E-state index contributed by atoms with van der Waals surface area (Å²) in [7, 11) is 1.85. The van der Waals surface area contributed by atoms with Crippen LogP contribution in [0.2, 0.25) is 0 Å². The number of amides is 1. The van der Waals surface area contributed by atoms with Gasteiger partial charge in [-0.1, -0.05) is 19.9 Å². The van der Waals surface area contributed by atoms with Gasteiger partial charge in [0.05, 0.1) is 11.7 Å². The predicted molar refractivity (Wildman–Crippen MR) is 69.5 cm³/mol. The zero-order valence-corrected chi connectivity index (χ0v) is 11.2. The van der Waals surface area contributed by atoms with E-state index in [-0.39, 0.29) is 11.9 Å². The molecular formula is C14H22N2O. The van der Waals surface area contributed by atoms with Crippen LogP contribution in [-0.4, -0.2) is 22.8 Å². The Morgan fingerprint density at radius 3 is 2.59 bits per heavy atom. The second kappa shape index (κ2) is 6.38.